The number of aryl methyl sites for hydroxylation is 1. The number of carbonyl (C=O) groups is 1. The number of hydrogen-bond acceptors (Lipinski definition) is 4. The standard InChI is InChI=1S/C16H18ClN3OS/c1-12-11-18-16(22-12)20-8-6-19(7-9-20)15(21)10-13-4-2-3-5-14(13)17/h2-5,11H,6-10H2,1H3. The summed E-state index contributed by atoms with van der Waals surface area (Å²) in [6.45, 7) is 5.21. The van der Waals surface area contributed by atoms with Crippen molar-refractivity contribution in [2.75, 3.05) is 31.1 Å². The zero-order valence-electron chi connectivity index (χ0n) is 12.5. The first-order valence-corrected chi connectivity index (χ1v) is 8.51. The molecule has 0 N–H and O–H groups in total. The number of thiazole rings is 1. The number of piperazine rings is 1. The molecule has 0 bridgehead atoms. The van der Waals surface area contributed by atoms with Gasteiger partial charge in [0.05, 0.1) is 6.42 Å². The summed E-state index contributed by atoms with van der Waals surface area (Å²) in [6.07, 6.45) is 2.27. The van der Waals surface area contributed by atoms with Crippen molar-refractivity contribution in [2.24, 2.45) is 0 Å². The predicted octanol–water partition coefficient (Wildman–Crippen LogP) is 3.00. The quantitative estimate of drug-likeness (QED) is 0.865. The highest BCUT2D eigenvalue weighted by Crippen LogP contribution is 2.23. The van der Waals surface area contributed by atoms with Gasteiger partial charge in [0.1, 0.15) is 0 Å². The number of rotatable bonds is 3. The van der Waals surface area contributed by atoms with Gasteiger partial charge in [-0.25, -0.2) is 4.98 Å². The lowest BCUT2D eigenvalue weighted by atomic mass is 10.1. The van der Waals surface area contributed by atoms with Crippen LogP contribution in [0.25, 0.3) is 0 Å². The molecule has 1 aromatic heterocycles. The van der Waals surface area contributed by atoms with Gasteiger partial charge in [-0.05, 0) is 18.6 Å². The molecule has 0 unspecified atom stereocenters. The molecule has 4 nitrogen and oxygen atoms in total. The summed E-state index contributed by atoms with van der Waals surface area (Å²) in [5, 5.41) is 1.71. The number of carbonyl (C=O) groups excluding carboxylic acids is 1. The largest absolute Gasteiger partial charge is 0.345 e. The Morgan fingerprint density at radius 3 is 2.64 bits per heavy atom. The maximum absolute atomic E-state index is 12.4. The van der Waals surface area contributed by atoms with Gasteiger partial charge < -0.3 is 9.80 Å². The molecule has 2 aromatic rings. The van der Waals surface area contributed by atoms with Crippen LogP contribution in [-0.4, -0.2) is 42.0 Å². The van der Waals surface area contributed by atoms with E-state index in [9.17, 15) is 4.79 Å². The van der Waals surface area contributed by atoms with Crippen molar-refractivity contribution in [2.45, 2.75) is 13.3 Å². The molecule has 22 heavy (non-hydrogen) atoms. The maximum atomic E-state index is 12.4. The molecule has 1 fully saturated rings. The molecule has 0 atom stereocenters. The molecule has 0 spiro atoms. The van der Waals surface area contributed by atoms with Gasteiger partial charge in [0.2, 0.25) is 5.91 Å². The lowest BCUT2D eigenvalue weighted by molar-refractivity contribution is -0.130. The second kappa shape index (κ2) is 6.67. The number of amides is 1. The average Bonchev–Trinajstić information content (AvgIpc) is 2.96. The maximum Gasteiger partial charge on any atom is 0.227 e. The van der Waals surface area contributed by atoms with Crippen LogP contribution in [0.4, 0.5) is 5.13 Å². The number of aromatic nitrogens is 1. The van der Waals surface area contributed by atoms with Crippen LogP contribution in [0.2, 0.25) is 5.02 Å². The smallest absolute Gasteiger partial charge is 0.227 e. The third kappa shape index (κ3) is 3.42. The van der Waals surface area contributed by atoms with E-state index >= 15 is 0 Å². The zero-order chi connectivity index (χ0) is 15.5. The first-order valence-electron chi connectivity index (χ1n) is 7.32. The van der Waals surface area contributed by atoms with E-state index < -0.39 is 0 Å². The highest BCUT2D eigenvalue weighted by Gasteiger charge is 2.23. The lowest BCUT2D eigenvalue weighted by Crippen LogP contribution is -2.49. The summed E-state index contributed by atoms with van der Waals surface area (Å²) >= 11 is 7.83. The van der Waals surface area contributed by atoms with E-state index in [-0.39, 0.29) is 5.91 Å². The highest BCUT2D eigenvalue weighted by molar-refractivity contribution is 7.15. The Hall–Kier alpha value is -1.59. The van der Waals surface area contributed by atoms with Crippen molar-refractivity contribution < 1.29 is 4.79 Å². The Kier molecular flexibility index (Phi) is 4.64. The van der Waals surface area contributed by atoms with E-state index in [1.807, 2.05) is 35.4 Å². The van der Waals surface area contributed by atoms with Crippen molar-refractivity contribution in [3.05, 3.63) is 45.9 Å². The van der Waals surface area contributed by atoms with E-state index in [1.54, 1.807) is 11.3 Å². The molecular formula is C16H18ClN3OS. The van der Waals surface area contributed by atoms with E-state index in [2.05, 4.69) is 16.8 Å². The fraction of sp³-hybridized carbons (Fsp3) is 0.375. The molecule has 3 rings (SSSR count). The van der Waals surface area contributed by atoms with Crippen LogP contribution < -0.4 is 4.90 Å². The van der Waals surface area contributed by atoms with Crippen molar-refractivity contribution in [3.63, 3.8) is 0 Å². The molecule has 6 heteroatoms. The van der Waals surface area contributed by atoms with Gasteiger partial charge >= 0.3 is 0 Å². The molecule has 1 aliphatic heterocycles. The van der Waals surface area contributed by atoms with E-state index in [0.717, 1.165) is 36.9 Å². The molecule has 1 amide bonds. The van der Waals surface area contributed by atoms with Crippen LogP contribution >= 0.6 is 22.9 Å². The predicted molar refractivity (Wildman–Crippen MR) is 90.8 cm³/mol. The van der Waals surface area contributed by atoms with Gasteiger partial charge in [-0.3, -0.25) is 4.79 Å². The number of nitrogens with zero attached hydrogens (tertiary/aromatic N) is 3. The molecule has 1 saturated heterocycles. The van der Waals surface area contributed by atoms with Crippen LogP contribution in [0.15, 0.2) is 30.5 Å². The number of benzene rings is 1. The van der Waals surface area contributed by atoms with Crippen molar-refractivity contribution in [1.82, 2.24) is 9.88 Å². The fourth-order valence-electron chi connectivity index (χ4n) is 2.55. The Balaban J connectivity index is 1.57. The van der Waals surface area contributed by atoms with Crippen LogP contribution in [0.3, 0.4) is 0 Å². The minimum absolute atomic E-state index is 0.142. The summed E-state index contributed by atoms with van der Waals surface area (Å²) in [4.78, 5) is 22.2. The lowest BCUT2D eigenvalue weighted by Gasteiger charge is -2.34. The monoisotopic (exact) mass is 335 g/mol. The second-order valence-electron chi connectivity index (χ2n) is 5.39. The summed E-state index contributed by atoms with van der Waals surface area (Å²) < 4.78 is 0. The van der Waals surface area contributed by atoms with Crippen molar-refractivity contribution in [1.29, 1.82) is 0 Å². The Morgan fingerprint density at radius 2 is 2.00 bits per heavy atom. The minimum atomic E-state index is 0.142. The number of halogens is 1. The van der Waals surface area contributed by atoms with Gasteiger partial charge in [-0.1, -0.05) is 29.8 Å². The molecule has 0 aliphatic carbocycles. The number of anilines is 1. The first kappa shape index (κ1) is 15.3. The molecular weight excluding hydrogens is 318 g/mol. The summed E-state index contributed by atoms with van der Waals surface area (Å²) in [6, 6.07) is 7.53. The second-order valence-corrected chi connectivity index (χ2v) is 7.01. The van der Waals surface area contributed by atoms with E-state index in [0.29, 0.717) is 11.4 Å². The molecule has 2 heterocycles. The molecule has 1 aliphatic rings. The van der Waals surface area contributed by atoms with Crippen LogP contribution in [0.5, 0.6) is 0 Å². The fourth-order valence-corrected chi connectivity index (χ4v) is 3.57. The third-order valence-corrected chi connectivity index (χ3v) is 5.15. The normalized spacial score (nSPS) is 15.2. The van der Waals surface area contributed by atoms with Gasteiger partial charge in [0.25, 0.3) is 0 Å². The molecule has 0 radical (unpaired) electrons. The van der Waals surface area contributed by atoms with Gasteiger partial charge in [0.15, 0.2) is 5.13 Å². The average molecular weight is 336 g/mol. The first-order chi connectivity index (χ1) is 10.6. The van der Waals surface area contributed by atoms with Crippen molar-refractivity contribution in [3.8, 4) is 0 Å². The molecule has 0 saturated carbocycles. The summed E-state index contributed by atoms with van der Waals surface area (Å²) in [5.41, 5.74) is 0.896. The Morgan fingerprint density at radius 1 is 1.27 bits per heavy atom. The van der Waals surface area contributed by atoms with E-state index in [1.165, 1.54) is 4.88 Å². The third-order valence-electron chi connectivity index (χ3n) is 3.81. The van der Waals surface area contributed by atoms with Crippen LogP contribution in [0.1, 0.15) is 10.4 Å². The zero-order valence-corrected chi connectivity index (χ0v) is 14.0. The van der Waals surface area contributed by atoms with Gasteiger partial charge in [-0.2, -0.15) is 0 Å². The van der Waals surface area contributed by atoms with Crippen LogP contribution in [-0.2, 0) is 11.2 Å². The van der Waals surface area contributed by atoms with E-state index in [4.69, 9.17) is 11.6 Å². The SMILES string of the molecule is Cc1cnc(N2CCN(C(=O)Cc3ccccc3Cl)CC2)s1. The molecule has 1 aromatic carbocycles. The topological polar surface area (TPSA) is 36.4 Å². The minimum Gasteiger partial charge on any atom is -0.345 e. The highest BCUT2D eigenvalue weighted by atomic mass is 35.5. The Labute approximate surface area is 139 Å². The Bertz CT molecular complexity index is 665. The summed E-state index contributed by atoms with van der Waals surface area (Å²) in [5.74, 6) is 0.142. The summed E-state index contributed by atoms with van der Waals surface area (Å²) in [7, 11) is 0. The van der Waals surface area contributed by atoms with Crippen molar-refractivity contribution >= 4 is 34.0 Å². The van der Waals surface area contributed by atoms with Gasteiger partial charge in [-0.15, -0.1) is 11.3 Å². The van der Waals surface area contributed by atoms with Crippen LogP contribution in [0, 0.1) is 6.92 Å². The number of hydrogen-bond donors (Lipinski definition) is 0. The van der Waals surface area contributed by atoms with Gasteiger partial charge in [0, 0.05) is 42.3 Å². The molecule has 116 valence electrons.